The highest BCUT2D eigenvalue weighted by atomic mass is 15.4. The molecule has 0 spiro atoms. The Kier molecular flexibility index (Phi) is 1.92. The molecular weight excluding hydrogens is 184 g/mol. The molecule has 2 heteroatoms. The van der Waals surface area contributed by atoms with Crippen molar-refractivity contribution >= 4 is 0 Å². The predicted octanol–water partition coefficient (Wildman–Crippen LogP) is 2.31. The Morgan fingerprint density at radius 2 is 2.00 bits per heavy atom. The summed E-state index contributed by atoms with van der Waals surface area (Å²) in [4.78, 5) is 0. The molecule has 1 saturated heterocycles. The van der Waals surface area contributed by atoms with Crippen molar-refractivity contribution in [2.75, 3.05) is 20.1 Å². The van der Waals surface area contributed by atoms with Crippen LogP contribution in [0.4, 0.5) is 0 Å². The third-order valence-electron chi connectivity index (χ3n) is 5.67. The van der Waals surface area contributed by atoms with E-state index in [0.717, 1.165) is 5.92 Å². The fourth-order valence-corrected chi connectivity index (χ4v) is 4.90. The van der Waals surface area contributed by atoms with E-state index in [1.807, 2.05) is 0 Å². The number of nitrogens with zero attached hydrogens (tertiary/aromatic N) is 2. The molecule has 0 aromatic carbocycles. The molecule has 15 heavy (non-hydrogen) atoms. The zero-order chi connectivity index (χ0) is 10.5. The summed E-state index contributed by atoms with van der Waals surface area (Å²) in [5.74, 6) is 1.25. The lowest BCUT2D eigenvalue weighted by Gasteiger charge is -2.59. The summed E-state index contributed by atoms with van der Waals surface area (Å²) in [5.41, 5.74) is 0.394. The van der Waals surface area contributed by atoms with Gasteiger partial charge in [-0.15, -0.1) is 0 Å². The zero-order valence-electron chi connectivity index (χ0n) is 9.71. The van der Waals surface area contributed by atoms with Crippen molar-refractivity contribution in [3.8, 4) is 6.07 Å². The summed E-state index contributed by atoms with van der Waals surface area (Å²) >= 11 is 0. The first-order valence-electron chi connectivity index (χ1n) is 6.47. The van der Waals surface area contributed by atoms with Crippen LogP contribution in [0.25, 0.3) is 0 Å². The molecule has 3 fully saturated rings. The van der Waals surface area contributed by atoms with E-state index in [9.17, 15) is 5.26 Å². The van der Waals surface area contributed by atoms with Crippen LogP contribution in [0.3, 0.4) is 0 Å². The molecule has 3 rings (SSSR count). The quantitative estimate of drug-likeness (QED) is 0.603. The Labute approximate surface area is 92.5 Å². The van der Waals surface area contributed by atoms with Gasteiger partial charge in [-0.3, -0.25) is 0 Å². The number of quaternary nitrogens is 1. The molecule has 0 aromatic rings. The van der Waals surface area contributed by atoms with Crippen molar-refractivity contribution in [3.63, 3.8) is 0 Å². The largest absolute Gasteiger partial charge is 0.320 e. The van der Waals surface area contributed by atoms with Gasteiger partial charge in [-0.1, -0.05) is 0 Å². The van der Waals surface area contributed by atoms with Gasteiger partial charge in [-0.2, -0.15) is 5.26 Å². The van der Waals surface area contributed by atoms with Gasteiger partial charge in [0, 0.05) is 25.2 Å². The summed E-state index contributed by atoms with van der Waals surface area (Å²) in [5, 5.41) is 9.31. The van der Waals surface area contributed by atoms with Crippen molar-refractivity contribution in [2.24, 2.45) is 11.8 Å². The molecule has 2 aliphatic carbocycles. The standard InChI is InChI=1S/C13H21N2/c1-15(7-2-3-8-15)13-6-4-5-11(13)9-12(13)10-14/h11-12H,2-9H2,1H3/q+1/t11-,12-,13-/m1/s1. The fourth-order valence-electron chi connectivity index (χ4n) is 4.90. The van der Waals surface area contributed by atoms with Gasteiger partial charge in [0.1, 0.15) is 11.5 Å². The van der Waals surface area contributed by atoms with E-state index in [0.29, 0.717) is 11.5 Å². The first kappa shape index (κ1) is 9.66. The van der Waals surface area contributed by atoms with Gasteiger partial charge in [0.2, 0.25) is 0 Å². The smallest absolute Gasteiger partial charge is 0.118 e. The third-order valence-corrected chi connectivity index (χ3v) is 5.67. The molecular formula is C13H21N2+. The molecule has 0 amide bonds. The van der Waals surface area contributed by atoms with Crippen LogP contribution in [-0.2, 0) is 0 Å². The maximum absolute atomic E-state index is 9.31. The minimum Gasteiger partial charge on any atom is -0.320 e. The summed E-state index contributed by atoms with van der Waals surface area (Å²) in [6, 6.07) is 2.60. The number of likely N-dealkylation sites (tertiary alicyclic amines) is 1. The number of rotatable bonds is 1. The van der Waals surface area contributed by atoms with Crippen LogP contribution in [0.5, 0.6) is 0 Å². The van der Waals surface area contributed by atoms with Crippen LogP contribution in [0.1, 0.15) is 38.5 Å². The molecule has 3 atom stereocenters. The Morgan fingerprint density at radius 1 is 1.27 bits per heavy atom. The van der Waals surface area contributed by atoms with E-state index >= 15 is 0 Å². The minimum atomic E-state index is 0.369. The molecule has 1 heterocycles. The topological polar surface area (TPSA) is 23.8 Å². The number of hydrogen-bond acceptors (Lipinski definition) is 1. The Bertz CT molecular complexity index is 311. The van der Waals surface area contributed by atoms with Gasteiger partial charge < -0.3 is 4.48 Å². The third kappa shape index (κ3) is 0.979. The Balaban J connectivity index is 1.96. The van der Waals surface area contributed by atoms with Gasteiger partial charge in [0.15, 0.2) is 0 Å². The number of nitriles is 1. The second-order valence-corrected chi connectivity index (χ2v) is 6.05. The lowest BCUT2D eigenvalue weighted by Crippen LogP contribution is -2.71. The molecule has 2 saturated carbocycles. The van der Waals surface area contributed by atoms with Crippen molar-refractivity contribution in [1.29, 1.82) is 5.26 Å². The van der Waals surface area contributed by atoms with E-state index in [1.54, 1.807) is 0 Å². The van der Waals surface area contributed by atoms with Crippen molar-refractivity contribution < 1.29 is 4.48 Å². The molecule has 0 bridgehead atoms. The Hall–Kier alpha value is -0.550. The zero-order valence-corrected chi connectivity index (χ0v) is 9.71. The highest BCUT2D eigenvalue weighted by Gasteiger charge is 2.68. The monoisotopic (exact) mass is 205 g/mol. The van der Waals surface area contributed by atoms with Crippen LogP contribution in [0, 0.1) is 23.2 Å². The van der Waals surface area contributed by atoms with Crippen molar-refractivity contribution in [3.05, 3.63) is 0 Å². The van der Waals surface area contributed by atoms with Crippen molar-refractivity contribution in [1.82, 2.24) is 0 Å². The minimum absolute atomic E-state index is 0.369. The summed E-state index contributed by atoms with van der Waals surface area (Å²) < 4.78 is 1.23. The van der Waals surface area contributed by atoms with Gasteiger partial charge in [-0.25, -0.2) is 0 Å². The molecule has 0 radical (unpaired) electrons. The van der Waals surface area contributed by atoms with Crippen LogP contribution in [0.15, 0.2) is 0 Å². The lowest BCUT2D eigenvalue weighted by atomic mass is 9.58. The second kappa shape index (κ2) is 2.98. The van der Waals surface area contributed by atoms with Crippen LogP contribution in [-0.4, -0.2) is 30.2 Å². The van der Waals surface area contributed by atoms with E-state index in [2.05, 4.69) is 13.1 Å². The second-order valence-electron chi connectivity index (χ2n) is 6.05. The highest BCUT2D eigenvalue weighted by molar-refractivity contribution is 5.16. The molecule has 3 aliphatic rings. The lowest BCUT2D eigenvalue weighted by molar-refractivity contribution is -0.962. The summed E-state index contributed by atoms with van der Waals surface area (Å²) in [7, 11) is 2.43. The predicted molar refractivity (Wildman–Crippen MR) is 58.9 cm³/mol. The van der Waals surface area contributed by atoms with Gasteiger partial charge >= 0.3 is 0 Å². The molecule has 2 nitrogen and oxygen atoms in total. The first-order chi connectivity index (χ1) is 7.23. The molecule has 0 aromatic heterocycles. The SMILES string of the molecule is C[N+]1([C@]23CCC[C@@H]2C[C@@H]3C#N)CCCC1. The van der Waals surface area contributed by atoms with Gasteiger partial charge in [-0.05, 0) is 19.3 Å². The molecule has 0 N–H and O–H groups in total. The van der Waals surface area contributed by atoms with E-state index < -0.39 is 0 Å². The van der Waals surface area contributed by atoms with E-state index in [-0.39, 0.29) is 0 Å². The average Bonchev–Trinajstić information content (AvgIpc) is 2.75. The van der Waals surface area contributed by atoms with Crippen LogP contribution in [0.2, 0.25) is 0 Å². The van der Waals surface area contributed by atoms with Crippen LogP contribution < -0.4 is 0 Å². The summed E-state index contributed by atoms with van der Waals surface area (Å²) in [6.07, 6.45) is 8.05. The summed E-state index contributed by atoms with van der Waals surface area (Å²) in [6.45, 7) is 2.66. The molecule has 82 valence electrons. The normalized spacial score (nSPS) is 46.9. The maximum atomic E-state index is 9.31. The van der Waals surface area contributed by atoms with Crippen molar-refractivity contribution in [2.45, 2.75) is 44.1 Å². The molecule has 0 unspecified atom stereocenters. The van der Waals surface area contributed by atoms with E-state index in [1.165, 1.54) is 56.1 Å². The fraction of sp³-hybridized carbons (Fsp3) is 0.923. The number of hydrogen-bond donors (Lipinski definition) is 0. The van der Waals surface area contributed by atoms with Crippen LogP contribution >= 0.6 is 0 Å². The molecule has 1 aliphatic heterocycles. The van der Waals surface area contributed by atoms with E-state index in [4.69, 9.17) is 0 Å². The average molecular weight is 205 g/mol. The highest BCUT2D eigenvalue weighted by Crippen LogP contribution is 2.60. The first-order valence-corrected chi connectivity index (χ1v) is 6.47. The number of fused-ring (bicyclic) bond motifs is 1. The maximum Gasteiger partial charge on any atom is 0.118 e. The van der Waals surface area contributed by atoms with Gasteiger partial charge in [0.05, 0.1) is 26.2 Å². The Morgan fingerprint density at radius 3 is 2.60 bits per heavy atom. The van der Waals surface area contributed by atoms with Gasteiger partial charge in [0.25, 0.3) is 0 Å².